The summed E-state index contributed by atoms with van der Waals surface area (Å²) in [5.74, 6) is 0. The first-order chi connectivity index (χ1) is 9.97. The van der Waals surface area contributed by atoms with Gasteiger partial charge in [-0.3, -0.25) is 0 Å². The number of hydrogen-bond donors (Lipinski definition) is 1. The van der Waals surface area contributed by atoms with Crippen LogP contribution in [0.3, 0.4) is 0 Å². The predicted octanol–water partition coefficient (Wildman–Crippen LogP) is 5.37. The highest BCUT2D eigenvalue weighted by Gasteiger charge is 2.14. The Morgan fingerprint density at radius 1 is 1.38 bits per heavy atom. The molecule has 0 aliphatic rings. The van der Waals surface area contributed by atoms with Gasteiger partial charge in [-0.05, 0) is 41.5 Å². The molecule has 0 saturated carbocycles. The second kappa shape index (κ2) is 7.95. The number of aliphatic hydroxyl groups is 1. The fourth-order valence-corrected chi connectivity index (χ4v) is 4.02. The molecule has 0 radical (unpaired) electrons. The van der Waals surface area contributed by atoms with Crippen molar-refractivity contribution in [2.45, 2.75) is 19.1 Å². The van der Waals surface area contributed by atoms with E-state index in [9.17, 15) is 5.11 Å². The van der Waals surface area contributed by atoms with Gasteiger partial charge in [0, 0.05) is 33.4 Å². The number of aliphatic hydroxyl groups excluding tert-OH is 1. The van der Waals surface area contributed by atoms with Crippen LogP contribution in [0.2, 0.25) is 10.0 Å². The average Bonchev–Trinajstić information content (AvgIpc) is 2.84. The van der Waals surface area contributed by atoms with Gasteiger partial charge >= 0.3 is 0 Å². The first-order valence-corrected chi connectivity index (χ1v) is 8.93. The minimum Gasteiger partial charge on any atom is -0.388 e. The molecule has 114 valence electrons. The fourth-order valence-electron chi connectivity index (χ4n) is 2.06. The third-order valence-electron chi connectivity index (χ3n) is 3.17. The van der Waals surface area contributed by atoms with Gasteiger partial charge in [0.15, 0.2) is 0 Å². The van der Waals surface area contributed by atoms with Crippen molar-refractivity contribution >= 4 is 50.5 Å². The van der Waals surface area contributed by atoms with E-state index in [2.05, 4.69) is 32.3 Å². The van der Waals surface area contributed by atoms with Crippen molar-refractivity contribution in [1.29, 1.82) is 0 Å². The SMILES string of the molecule is CN(CCC(O)c1cccc(Cl)c1Cl)Cc1cc(Br)cs1. The molecule has 0 aliphatic heterocycles. The summed E-state index contributed by atoms with van der Waals surface area (Å²) in [4.78, 5) is 3.47. The van der Waals surface area contributed by atoms with Crippen molar-refractivity contribution in [3.8, 4) is 0 Å². The van der Waals surface area contributed by atoms with E-state index in [1.54, 1.807) is 23.5 Å². The molecule has 2 rings (SSSR count). The number of thiophene rings is 1. The van der Waals surface area contributed by atoms with Crippen molar-refractivity contribution in [3.63, 3.8) is 0 Å². The predicted molar refractivity (Wildman–Crippen MR) is 94.4 cm³/mol. The Labute approximate surface area is 147 Å². The number of halogens is 3. The van der Waals surface area contributed by atoms with E-state index >= 15 is 0 Å². The topological polar surface area (TPSA) is 23.5 Å². The Hall–Kier alpha value is -0.100. The maximum absolute atomic E-state index is 10.3. The van der Waals surface area contributed by atoms with Gasteiger partial charge in [0.2, 0.25) is 0 Å². The third kappa shape index (κ3) is 4.95. The largest absolute Gasteiger partial charge is 0.388 e. The summed E-state index contributed by atoms with van der Waals surface area (Å²) in [6.45, 7) is 1.64. The number of benzene rings is 1. The molecule has 0 fully saturated rings. The second-order valence-electron chi connectivity index (χ2n) is 4.92. The van der Waals surface area contributed by atoms with Gasteiger partial charge in [-0.1, -0.05) is 35.3 Å². The highest BCUT2D eigenvalue weighted by Crippen LogP contribution is 2.31. The molecule has 1 aromatic heterocycles. The third-order valence-corrected chi connectivity index (χ3v) is 5.69. The summed E-state index contributed by atoms with van der Waals surface area (Å²) in [6.07, 6.45) is 0.0112. The maximum atomic E-state index is 10.3. The van der Waals surface area contributed by atoms with Crippen LogP contribution in [0, 0.1) is 0 Å². The summed E-state index contributed by atoms with van der Waals surface area (Å²) in [7, 11) is 2.04. The van der Waals surface area contributed by atoms with E-state index in [0.717, 1.165) is 17.6 Å². The number of hydrogen-bond acceptors (Lipinski definition) is 3. The minimum atomic E-state index is -0.603. The zero-order valence-electron chi connectivity index (χ0n) is 11.5. The van der Waals surface area contributed by atoms with Crippen LogP contribution >= 0.6 is 50.5 Å². The van der Waals surface area contributed by atoms with Crippen molar-refractivity contribution in [3.05, 3.63) is 54.6 Å². The lowest BCUT2D eigenvalue weighted by molar-refractivity contribution is 0.148. The van der Waals surface area contributed by atoms with Crippen LogP contribution in [0.1, 0.15) is 23.0 Å². The standard InChI is InChI=1S/C15H16BrCl2NOS/c1-19(8-11-7-10(16)9-21-11)6-5-14(20)12-3-2-4-13(17)15(12)18/h2-4,7,9,14,20H,5-6,8H2,1H3. The van der Waals surface area contributed by atoms with Crippen LogP contribution in [0.15, 0.2) is 34.1 Å². The van der Waals surface area contributed by atoms with Crippen LogP contribution in [-0.2, 0) is 6.54 Å². The van der Waals surface area contributed by atoms with E-state index in [0.29, 0.717) is 22.0 Å². The maximum Gasteiger partial charge on any atom is 0.0817 e. The van der Waals surface area contributed by atoms with Gasteiger partial charge in [0.1, 0.15) is 0 Å². The Morgan fingerprint density at radius 2 is 2.14 bits per heavy atom. The lowest BCUT2D eigenvalue weighted by Gasteiger charge is -2.19. The van der Waals surface area contributed by atoms with Crippen molar-refractivity contribution < 1.29 is 5.11 Å². The minimum absolute atomic E-state index is 0.441. The molecule has 1 atom stereocenters. The van der Waals surface area contributed by atoms with Crippen LogP contribution in [-0.4, -0.2) is 23.6 Å². The molecule has 2 aromatic rings. The number of nitrogens with zero attached hydrogens (tertiary/aromatic N) is 1. The quantitative estimate of drug-likeness (QED) is 0.694. The molecule has 1 aromatic carbocycles. The van der Waals surface area contributed by atoms with Gasteiger partial charge in [0.05, 0.1) is 16.1 Å². The van der Waals surface area contributed by atoms with Crippen molar-refractivity contribution in [1.82, 2.24) is 4.90 Å². The summed E-state index contributed by atoms with van der Waals surface area (Å²) >= 11 is 17.3. The van der Waals surface area contributed by atoms with E-state index in [4.69, 9.17) is 23.2 Å². The fraction of sp³-hybridized carbons (Fsp3) is 0.333. The molecule has 0 saturated heterocycles. The van der Waals surface area contributed by atoms with Gasteiger partial charge < -0.3 is 10.0 Å². The molecule has 6 heteroatoms. The van der Waals surface area contributed by atoms with E-state index in [1.165, 1.54) is 4.88 Å². The molecular weight excluding hydrogens is 393 g/mol. The smallest absolute Gasteiger partial charge is 0.0817 e. The normalized spacial score (nSPS) is 12.9. The molecule has 1 unspecified atom stereocenters. The molecule has 1 N–H and O–H groups in total. The average molecular weight is 409 g/mol. The Kier molecular flexibility index (Phi) is 6.53. The van der Waals surface area contributed by atoms with E-state index < -0.39 is 6.10 Å². The Morgan fingerprint density at radius 3 is 2.81 bits per heavy atom. The Bertz CT molecular complexity index is 605. The number of rotatable bonds is 6. The first-order valence-electron chi connectivity index (χ1n) is 6.51. The highest BCUT2D eigenvalue weighted by atomic mass is 79.9. The van der Waals surface area contributed by atoms with Gasteiger partial charge in [0.25, 0.3) is 0 Å². The molecule has 0 spiro atoms. The van der Waals surface area contributed by atoms with E-state index in [-0.39, 0.29) is 0 Å². The molecule has 0 amide bonds. The molecule has 2 nitrogen and oxygen atoms in total. The highest BCUT2D eigenvalue weighted by molar-refractivity contribution is 9.10. The van der Waals surface area contributed by atoms with Gasteiger partial charge in [-0.2, -0.15) is 0 Å². The van der Waals surface area contributed by atoms with Gasteiger partial charge in [-0.25, -0.2) is 0 Å². The lowest BCUT2D eigenvalue weighted by Crippen LogP contribution is -2.20. The lowest BCUT2D eigenvalue weighted by atomic mass is 10.1. The zero-order valence-corrected chi connectivity index (χ0v) is 15.4. The second-order valence-corrected chi connectivity index (χ2v) is 7.61. The monoisotopic (exact) mass is 407 g/mol. The van der Waals surface area contributed by atoms with Crippen molar-refractivity contribution in [2.24, 2.45) is 0 Å². The molecule has 21 heavy (non-hydrogen) atoms. The summed E-state index contributed by atoms with van der Waals surface area (Å²) in [5, 5.41) is 13.3. The molecular formula is C15H16BrCl2NOS. The molecule has 0 aliphatic carbocycles. The summed E-state index contributed by atoms with van der Waals surface area (Å²) < 4.78 is 1.11. The van der Waals surface area contributed by atoms with Crippen molar-refractivity contribution in [2.75, 3.05) is 13.6 Å². The summed E-state index contributed by atoms with van der Waals surface area (Å²) in [5.41, 5.74) is 0.691. The molecule has 0 bridgehead atoms. The van der Waals surface area contributed by atoms with Crippen LogP contribution in [0.5, 0.6) is 0 Å². The first kappa shape index (κ1) is 17.3. The van der Waals surface area contributed by atoms with Crippen LogP contribution in [0.25, 0.3) is 0 Å². The van der Waals surface area contributed by atoms with Crippen LogP contribution in [0.4, 0.5) is 0 Å². The Balaban J connectivity index is 1.88. The van der Waals surface area contributed by atoms with E-state index in [1.807, 2.05) is 13.1 Å². The van der Waals surface area contributed by atoms with Crippen LogP contribution < -0.4 is 0 Å². The summed E-state index contributed by atoms with van der Waals surface area (Å²) in [6, 6.07) is 7.46. The van der Waals surface area contributed by atoms with Gasteiger partial charge in [-0.15, -0.1) is 11.3 Å². The zero-order chi connectivity index (χ0) is 15.4. The molecule has 1 heterocycles.